The first-order valence-electron chi connectivity index (χ1n) is 9.77. The van der Waals surface area contributed by atoms with Crippen molar-refractivity contribution in [3.05, 3.63) is 70.7 Å². The number of thioether (sulfide) groups is 1. The van der Waals surface area contributed by atoms with E-state index >= 15 is 0 Å². The van der Waals surface area contributed by atoms with Crippen molar-refractivity contribution in [3.8, 4) is 11.1 Å². The maximum Gasteiger partial charge on any atom is 0.324 e. The topological polar surface area (TPSA) is 65.5 Å². The highest BCUT2D eigenvalue weighted by molar-refractivity contribution is 8.03. The van der Waals surface area contributed by atoms with E-state index in [1.54, 1.807) is 13.8 Å². The number of thiazole rings is 1. The van der Waals surface area contributed by atoms with Crippen LogP contribution in [0.5, 0.6) is 0 Å². The quantitative estimate of drug-likeness (QED) is 0.267. The molecule has 1 aliphatic carbocycles. The normalized spacial score (nSPS) is 12.9. The lowest BCUT2D eigenvalue weighted by atomic mass is 9.98. The van der Waals surface area contributed by atoms with Crippen molar-refractivity contribution in [3.63, 3.8) is 0 Å². The fourth-order valence-electron chi connectivity index (χ4n) is 3.63. The lowest BCUT2D eigenvalue weighted by molar-refractivity contribution is -0.143. The van der Waals surface area contributed by atoms with Crippen LogP contribution in [0.15, 0.2) is 58.3 Å². The smallest absolute Gasteiger partial charge is 0.324 e. The molecule has 1 unspecified atom stereocenters. The third kappa shape index (κ3) is 4.69. The molecule has 0 saturated heterocycles. The molecule has 1 heterocycles. The number of carbonyl (C=O) groups excluding carboxylic acids is 2. The van der Waals surface area contributed by atoms with Gasteiger partial charge in [-0.3, -0.25) is 9.59 Å². The van der Waals surface area contributed by atoms with Crippen molar-refractivity contribution in [1.82, 2.24) is 4.98 Å². The third-order valence-electron chi connectivity index (χ3n) is 5.17. The van der Waals surface area contributed by atoms with Gasteiger partial charge in [-0.15, -0.1) is 11.3 Å². The summed E-state index contributed by atoms with van der Waals surface area (Å²) in [5.74, 6) is -0.625. The molecule has 0 spiro atoms. The van der Waals surface area contributed by atoms with Crippen LogP contribution in [0.4, 0.5) is 0 Å². The Kier molecular flexibility index (Phi) is 6.47. The van der Waals surface area contributed by atoms with Gasteiger partial charge in [-0.1, -0.05) is 60.3 Å². The minimum atomic E-state index is -0.763. The van der Waals surface area contributed by atoms with Crippen LogP contribution in [0.1, 0.15) is 36.6 Å². The van der Waals surface area contributed by atoms with Gasteiger partial charge in [0, 0.05) is 11.3 Å². The Labute approximate surface area is 191 Å². The number of hydrogen-bond acceptors (Lipinski definition) is 7. The average Bonchev–Trinajstić information content (AvgIpc) is 3.33. The highest BCUT2D eigenvalue weighted by atomic mass is 32.2. The first kappa shape index (κ1) is 22.0. The second-order valence-electron chi connectivity index (χ2n) is 7.71. The maximum absolute atomic E-state index is 12.5. The van der Waals surface area contributed by atoms with Crippen molar-refractivity contribution in [2.75, 3.05) is 6.61 Å². The zero-order valence-corrected chi connectivity index (χ0v) is 19.9. The Morgan fingerprint density at radius 1 is 1.10 bits per heavy atom. The molecule has 4 rings (SSSR count). The Morgan fingerprint density at radius 3 is 2.32 bits per heavy atom. The summed E-state index contributed by atoms with van der Waals surface area (Å²) in [6.07, 6.45) is 0.0988. The minimum Gasteiger partial charge on any atom is -0.464 e. The standard InChI is InChI=1S/C23H22NO4PS2/c1-23(2,21(26)28-29)31-22-24-14(13-30-22)11-20(25)27-12-19-17-9-5-3-7-15(17)16-8-4-6-10-18(16)19/h3-10,13,19H,11-12,29H2,1-2H3. The monoisotopic (exact) mass is 471 g/mol. The highest BCUT2D eigenvalue weighted by Crippen LogP contribution is 2.44. The molecule has 0 radical (unpaired) electrons. The van der Waals surface area contributed by atoms with E-state index in [1.807, 2.05) is 39.1 Å². The summed E-state index contributed by atoms with van der Waals surface area (Å²) in [7, 11) is 1.97. The maximum atomic E-state index is 12.5. The molecule has 1 aliphatic rings. The lowest BCUT2D eigenvalue weighted by Crippen LogP contribution is -2.27. The van der Waals surface area contributed by atoms with E-state index in [0.717, 1.165) is 0 Å². The number of esters is 1. The number of carbonyl (C=O) groups is 2. The largest absolute Gasteiger partial charge is 0.464 e. The Hall–Kier alpha value is -2.21. The Bertz CT molecular complexity index is 1080. The molecule has 0 N–H and O–H groups in total. The highest BCUT2D eigenvalue weighted by Gasteiger charge is 2.32. The molecule has 31 heavy (non-hydrogen) atoms. The van der Waals surface area contributed by atoms with Gasteiger partial charge in [0.1, 0.15) is 11.4 Å². The number of rotatable bonds is 7. The molecule has 2 aromatic carbocycles. The second kappa shape index (κ2) is 9.11. The van der Waals surface area contributed by atoms with Gasteiger partial charge in [0.05, 0.1) is 21.6 Å². The second-order valence-corrected chi connectivity index (χ2v) is 10.7. The summed E-state index contributed by atoms with van der Waals surface area (Å²) in [6, 6.07) is 16.5. The molecular formula is C23H22NO4PS2. The summed E-state index contributed by atoms with van der Waals surface area (Å²) in [5, 5.41) is 1.83. The van der Waals surface area contributed by atoms with Crippen LogP contribution in [0.25, 0.3) is 11.1 Å². The van der Waals surface area contributed by atoms with Crippen molar-refractivity contribution < 1.29 is 18.8 Å². The SMILES string of the molecule is CC(C)(Sc1nc(CC(=O)OCC2c3ccccc3-c3ccccc32)cs1)C(=O)OP. The molecule has 1 aromatic heterocycles. The molecule has 0 fully saturated rings. The molecule has 5 nitrogen and oxygen atoms in total. The number of benzene rings is 2. The predicted molar refractivity (Wildman–Crippen MR) is 126 cm³/mol. The van der Waals surface area contributed by atoms with Crippen molar-refractivity contribution in [1.29, 1.82) is 0 Å². The molecule has 160 valence electrons. The van der Waals surface area contributed by atoms with Crippen LogP contribution < -0.4 is 0 Å². The zero-order chi connectivity index (χ0) is 22.0. The summed E-state index contributed by atoms with van der Waals surface area (Å²) in [6.45, 7) is 3.85. The molecular weight excluding hydrogens is 449 g/mol. The van der Waals surface area contributed by atoms with Gasteiger partial charge >= 0.3 is 11.9 Å². The van der Waals surface area contributed by atoms with E-state index in [4.69, 9.17) is 9.26 Å². The van der Waals surface area contributed by atoms with E-state index in [-0.39, 0.29) is 24.3 Å². The Balaban J connectivity index is 1.39. The number of ether oxygens (including phenoxy) is 1. The van der Waals surface area contributed by atoms with Gasteiger partial charge in [-0.05, 0) is 36.1 Å². The first-order valence-corrected chi connectivity index (χ1v) is 11.9. The summed E-state index contributed by atoms with van der Waals surface area (Å²) < 4.78 is 10.3. The Morgan fingerprint density at radius 2 is 1.71 bits per heavy atom. The van der Waals surface area contributed by atoms with Crippen molar-refractivity contribution in [2.45, 2.75) is 35.3 Å². The molecule has 0 saturated carbocycles. The molecule has 3 aromatic rings. The molecule has 1 atom stereocenters. The van der Waals surface area contributed by atoms with Crippen molar-refractivity contribution in [2.24, 2.45) is 0 Å². The third-order valence-corrected chi connectivity index (χ3v) is 7.55. The van der Waals surface area contributed by atoms with Gasteiger partial charge < -0.3 is 9.26 Å². The molecule has 0 bridgehead atoms. The first-order chi connectivity index (χ1) is 14.9. The van der Waals surface area contributed by atoms with E-state index in [2.05, 4.69) is 29.2 Å². The molecule has 8 heteroatoms. The van der Waals surface area contributed by atoms with Gasteiger partial charge in [-0.25, -0.2) is 4.98 Å². The van der Waals surface area contributed by atoms with Gasteiger partial charge in [-0.2, -0.15) is 0 Å². The van der Waals surface area contributed by atoms with Crippen LogP contribution in [-0.4, -0.2) is 28.3 Å². The van der Waals surface area contributed by atoms with Crippen LogP contribution in [0.3, 0.4) is 0 Å². The van der Waals surface area contributed by atoms with Gasteiger partial charge in [0.15, 0.2) is 4.34 Å². The van der Waals surface area contributed by atoms with E-state index in [1.165, 1.54) is 45.4 Å². The number of hydrogen-bond donors (Lipinski definition) is 0. The van der Waals surface area contributed by atoms with Gasteiger partial charge in [0.25, 0.3) is 0 Å². The number of fused-ring (bicyclic) bond motifs is 3. The minimum absolute atomic E-state index is 0.0385. The summed E-state index contributed by atoms with van der Waals surface area (Å²) in [4.78, 5) is 28.8. The molecule has 0 amide bonds. The van der Waals surface area contributed by atoms with Crippen LogP contribution >= 0.6 is 32.6 Å². The molecule has 0 aliphatic heterocycles. The fraction of sp³-hybridized carbons (Fsp3) is 0.261. The van der Waals surface area contributed by atoms with Gasteiger partial charge in [0.2, 0.25) is 0 Å². The van der Waals surface area contributed by atoms with E-state index < -0.39 is 4.75 Å². The number of nitrogens with zero attached hydrogens (tertiary/aromatic N) is 1. The van der Waals surface area contributed by atoms with E-state index in [9.17, 15) is 9.59 Å². The fourth-order valence-corrected chi connectivity index (χ4v) is 6.25. The lowest BCUT2D eigenvalue weighted by Gasteiger charge is -2.18. The van der Waals surface area contributed by atoms with E-state index in [0.29, 0.717) is 16.6 Å². The summed E-state index contributed by atoms with van der Waals surface area (Å²) >= 11 is 2.71. The van der Waals surface area contributed by atoms with Crippen LogP contribution in [0.2, 0.25) is 0 Å². The predicted octanol–water partition coefficient (Wildman–Crippen LogP) is 5.25. The van der Waals surface area contributed by atoms with Crippen molar-refractivity contribution >= 4 is 44.5 Å². The van der Waals surface area contributed by atoms with Crippen LogP contribution in [-0.2, 0) is 25.3 Å². The number of aromatic nitrogens is 1. The summed E-state index contributed by atoms with van der Waals surface area (Å²) in [5.41, 5.74) is 5.41. The zero-order valence-electron chi connectivity index (χ0n) is 17.2. The van der Waals surface area contributed by atoms with Crippen LogP contribution in [0, 0.1) is 0 Å². The average molecular weight is 472 g/mol.